The highest BCUT2D eigenvalue weighted by Crippen LogP contribution is 2.14. The van der Waals surface area contributed by atoms with Crippen molar-refractivity contribution in [1.29, 1.82) is 0 Å². The van der Waals surface area contributed by atoms with Gasteiger partial charge in [0, 0.05) is 7.11 Å². The summed E-state index contributed by atoms with van der Waals surface area (Å²) >= 11 is 5.88. The average Bonchev–Trinajstić information content (AvgIpc) is 2.20. The molecule has 1 aromatic carbocycles. The molecule has 0 saturated carbocycles. The zero-order chi connectivity index (χ0) is 11.3. The smallest absolute Gasteiger partial charge is 0.126 e. The van der Waals surface area contributed by atoms with Gasteiger partial charge in [-0.05, 0) is 36.6 Å². The fourth-order valence-corrected chi connectivity index (χ4v) is 1.55. The van der Waals surface area contributed by atoms with Gasteiger partial charge in [0.1, 0.15) is 11.6 Å². The average molecular weight is 235 g/mol. The minimum Gasteiger partial charge on any atom is -0.383 e. The number of ether oxygens (including phenoxy) is 1. The van der Waals surface area contributed by atoms with Crippen molar-refractivity contribution in [2.75, 3.05) is 13.7 Å². The monoisotopic (exact) mass is 234 g/mol. The van der Waals surface area contributed by atoms with E-state index in [1.54, 1.807) is 7.11 Å². The Bertz CT molecular complexity index is 317. The van der Waals surface area contributed by atoms with Crippen molar-refractivity contribution in [1.82, 2.24) is 0 Å². The summed E-state index contributed by atoms with van der Waals surface area (Å²) in [6.45, 7) is 0.415. The van der Waals surface area contributed by atoms with Crippen LogP contribution < -0.4 is 0 Å². The predicted octanol–water partition coefficient (Wildman–Crippen LogP) is 3.15. The molecule has 1 aromatic rings. The molecule has 0 aliphatic heterocycles. The van der Waals surface area contributed by atoms with Gasteiger partial charge in [-0.15, -0.1) is 11.6 Å². The summed E-state index contributed by atoms with van der Waals surface area (Å²) in [6.07, 6.45) is 0.983. The summed E-state index contributed by atoms with van der Waals surface area (Å²) in [5, 5.41) is -0.169. The third-order valence-electron chi connectivity index (χ3n) is 2.08. The summed E-state index contributed by atoms with van der Waals surface area (Å²) in [7, 11) is 1.55. The Hall–Kier alpha value is -0.670. The molecule has 0 bridgehead atoms. The minimum atomic E-state index is -0.427. The summed E-state index contributed by atoms with van der Waals surface area (Å²) in [5.41, 5.74) is 0.358. The Kier molecular flexibility index (Phi) is 4.99. The highest BCUT2D eigenvalue weighted by Gasteiger charge is 2.08. The number of benzene rings is 1. The molecule has 0 heterocycles. The van der Waals surface area contributed by atoms with Crippen molar-refractivity contribution >= 4 is 11.6 Å². The third kappa shape index (κ3) is 4.14. The van der Waals surface area contributed by atoms with Crippen LogP contribution in [0.15, 0.2) is 18.2 Å². The van der Waals surface area contributed by atoms with Crippen LogP contribution in [0.1, 0.15) is 12.0 Å². The SMILES string of the molecule is COCC(Cl)CCc1cc(F)ccc1F. The Morgan fingerprint density at radius 2 is 2.13 bits per heavy atom. The lowest BCUT2D eigenvalue weighted by Gasteiger charge is -2.08. The first kappa shape index (κ1) is 12.4. The topological polar surface area (TPSA) is 9.23 Å². The lowest BCUT2D eigenvalue weighted by molar-refractivity contribution is 0.195. The molecule has 1 nitrogen and oxygen atoms in total. The molecule has 1 unspecified atom stereocenters. The maximum absolute atomic E-state index is 13.2. The molecule has 84 valence electrons. The van der Waals surface area contributed by atoms with Gasteiger partial charge < -0.3 is 4.74 Å². The van der Waals surface area contributed by atoms with E-state index in [4.69, 9.17) is 16.3 Å². The molecule has 0 aliphatic rings. The molecular weight excluding hydrogens is 222 g/mol. The van der Waals surface area contributed by atoms with E-state index in [0.717, 1.165) is 12.1 Å². The summed E-state index contributed by atoms with van der Waals surface area (Å²) in [5.74, 6) is -0.818. The van der Waals surface area contributed by atoms with Gasteiger partial charge in [0.15, 0.2) is 0 Å². The molecular formula is C11H13ClF2O. The number of halogens is 3. The van der Waals surface area contributed by atoms with Gasteiger partial charge in [-0.2, -0.15) is 0 Å². The van der Waals surface area contributed by atoms with E-state index in [2.05, 4.69) is 0 Å². The van der Waals surface area contributed by atoms with Crippen molar-refractivity contribution in [2.45, 2.75) is 18.2 Å². The summed E-state index contributed by atoms with van der Waals surface area (Å²) < 4.78 is 30.8. The van der Waals surface area contributed by atoms with Crippen LogP contribution in [-0.2, 0) is 11.2 Å². The standard InChI is InChI=1S/C11H13ClF2O/c1-15-7-9(12)3-2-8-6-10(13)4-5-11(8)14/h4-6,9H,2-3,7H2,1H3. The molecule has 0 aliphatic carbocycles. The molecule has 4 heteroatoms. The van der Waals surface area contributed by atoms with Crippen molar-refractivity contribution in [3.63, 3.8) is 0 Å². The van der Waals surface area contributed by atoms with Gasteiger partial charge in [-0.1, -0.05) is 0 Å². The second kappa shape index (κ2) is 6.03. The maximum Gasteiger partial charge on any atom is 0.126 e. The number of alkyl halides is 1. The van der Waals surface area contributed by atoms with Gasteiger partial charge in [-0.25, -0.2) is 8.78 Å². The number of methoxy groups -OCH3 is 1. The normalized spacial score (nSPS) is 12.8. The lowest BCUT2D eigenvalue weighted by Crippen LogP contribution is -2.09. The minimum absolute atomic E-state index is 0.169. The fourth-order valence-electron chi connectivity index (χ4n) is 1.31. The Balaban J connectivity index is 2.53. The maximum atomic E-state index is 13.2. The second-order valence-electron chi connectivity index (χ2n) is 3.33. The molecule has 1 atom stereocenters. The first-order chi connectivity index (χ1) is 7.13. The lowest BCUT2D eigenvalue weighted by atomic mass is 10.1. The largest absolute Gasteiger partial charge is 0.383 e. The van der Waals surface area contributed by atoms with Crippen molar-refractivity contribution < 1.29 is 13.5 Å². The molecule has 0 saturated heterocycles. The van der Waals surface area contributed by atoms with E-state index in [0.29, 0.717) is 25.0 Å². The van der Waals surface area contributed by atoms with Crippen LogP contribution in [-0.4, -0.2) is 19.1 Å². The molecule has 0 fully saturated rings. The van der Waals surface area contributed by atoms with Crippen molar-refractivity contribution in [2.24, 2.45) is 0 Å². The second-order valence-corrected chi connectivity index (χ2v) is 3.94. The van der Waals surface area contributed by atoms with Crippen LogP contribution in [0, 0.1) is 11.6 Å². The molecule has 0 N–H and O–H groups in total. The van der Waals surface area contributed by atoms with Crippen LogP contribution in [0.2, 0.25) is 0 Å². The van der Waals surface area contributed by atoms with Gasteiger partial charge >= 0.3 is 0 Å². The van der Waals surface area contributed by atoms with Gasteiger partial charge in [0.25, 0.3) is 0 Å². The van der Waals surface area contributed by atoms with Gasteiger partial charge in [0.05, 0.1) is 12.0 Å². The quantitative estimate of drug-likeness (QED) is 0.712. The van der Waals surface area contributed by atoms with E-state index in [1.807, 2.05) is 0 Å². The Labute approximate surface area is 93.0 Å². The van der Waals surface area contributed by atoms with Crippen molar-refractivity contribution in [3.05, 3.63) is 35.4 Å². The fraction of sp³-hybridized carbons (Fsp3) is 0.455. The van der Waals surface area contributed by atoms with E-state index in [-0.39, 0.29) is 5.38 Å². The van der Waals surface area contributed by atoms with E-state index in [1.165, 1.54) is 6.07 Å². The summed E-state index contributed by atoms with van der Waals surface area (Å²) in [6, 6.07) is 3.43. The molecule has 15 heavy (non-hydrogen) atoms. The number of hydrogen-bond donors (Lipinski definition) is 0. The zero-order valence-electron chi connectivity index (χ0n) is 8.47. The molecule has 1 rings (SSSR count). The highest BCUT2D eigenvalue weighted by molar-refractivity contribution is 6.20. The van der Waals surface area contributed by atoms with Crippen LogP contribution in [0.5, 0.6) is 0 Å². The van der Waals surface area contributed by atoms with Crippen LogP contribution in [0.25, 0.3) is 0 Å². The van der Waals surface area contributed by atoms with Crippen LogP contribution in [0.4, 0.5) is 8.78 Å². The third-order valence-corrected chi connectivity index (χ3v) is 2.43. The Morgan fingerprint density at radius 3 is 2.80 bits per heavy atom. The highest BCUT2D eigenvalue weighted by atomic mass is 35.5. The zero-order valence-corrected chi connectivity index (χ0v) is 9.23. The molecule has 0 aromatic heterocycles. The summed E-state index contributed by atoms with van der Waals surface area (Å²) in [4.78, 5) is 0. The van der Waals surface area contributed by atoms with E-state index < -0.39 is 11.6 Å². The molecule has 0 amide bonds. The first-order valence-electron chi connectivity index (χ1n) is 4.70. The number of rotatable bonds is 5. The van der Waals surface area contributed by atoms with Crippen LogP contribution >= 0.6 is 11.6 Å². The first-order valence-corrected chi connectivity index (χ1v) is 5.14. The van der Waals surface area contributed by atoms with Gasteiger partial charge in [0.2, 0.25) is 0 Å². The number of aryl methyl sites for hydroxylation is 1. The van der Waals surface area contributed by atoms with E-state index >= 15 is 0 Å². The van der Waals surface area contributed by atoms with E-state index in [9.17, 15) is 8.78 Å². The number of hydrogen-bond acceptors (Lipinski definition) is 1. The van der Waals surface area contributed by atoms with Crippen LogP contribution in [0.3, 0.4) is 0 Å². The molecule has 0 radical (unpaired) electrons. The van der Waals surface area contributed by atoms with Gasteiger partial charge in [-0.3, -0.25) is 0 Å². The predicted molar refractivity (Wildman–Crippen MR) is 56.2 cm³/mol. The molecule has 0 spiro atoms. The van der Waals surface area contributed by atoms with Crippen molar-refractivity contribution in [3.8, 4) is 0 Å². The Morgan fingerprint density at radius 1 is 1.40 bits per heavy atom.